The van der Waals surface area contributed by atoms with Gasteiger partial charge in [-0.1, -0.05) is 65.7 Å². The van der Waals surface area contributed by atoms with Crippen molar-refractivity contribution in [3.63, 3.8) is 0 Å². The van der Waals surface area contributed by atoms with Crippen molar-refractivity contribution in [3.8, 4) is 11.1 Å². The Labute approximate surface area is 236 Å². The SMILES string of the molecule is O=C(c1ccc(-c2c(Cl)cncc2Cl)cc1)N(C1CC1)C1CCc2nn(C(=O)OCc3ccccc3)cc2C1. The van der Waals surface area contributed by atoms with E-state index in [1.165, 1.54) is 4.68 Å². The van der Waals surface area contributed by atoms with Gasteiger partial charge >= 0.3 is 6.09 Å². The lowest BCUT2D eigenvalue weighted by Gasteiger charge is -2.34. The van der Waals surface area contributed by atoms with Crippen molar-refractivity contribution in [2.75, 3.05) is 0 Å². The minimum absolute atomic E-state index is 0.0130. The number of rotatable bonds is 6. The Balaban J connectivity index is 1.16. The van der Waals surface area contributed by atoms with E-state index in [0.717, 1.165) is 41.6 Å². The van der Waals surface area contributed by atoms with Crippen LogP contribution in [0.3, 0.4) is 0 Å². The summed E-state index contributed by atoms with van der Waals surface area (Å²) in [4.78, 5) is 32.4. The van der Waals surface area contributed by atoms with Crippen LogP contribution in [-0.2, 0) is 24.2 Å². The van der Waals surface area contributed by atoms with Gasteiger partial charge in [-0.3, -0.25) is 9.78 Å². The van der Waals surface area contributed by atoms with E-state index in [0.29, 0.717) is 34.0 Å². The first-order valence-electron chi connectivity index (χ1n) is 13.0. The lowest BCUT2D eigenvalue weighted by Crippen LogP contribution is -2.44. The summed E-state index contributed by atoms with van der Waals surface area (Å²) in [6.45, 7) is 0.190. The van der Waals surface area contributed by atoms with Crippen LogP contribution in [0.5, 0.6) is 0 Å². The lowest BCUT2D eigenvalue weighted by atomic mass is 9.91. The fraction of sp³-hybridized carbons (Fsp3) is 0.267. The van der Waals surface area contributed by atoms with E-state index in [4.69, 9.17) is 27.9 Å². The van der Waals surface area contributed by atoms with Crippen LogP contribution in [-0.4, -0.2) is 43.7 Å². The third-order valence-electron chi connectivity index (χ3n) is 7.28. The van der Waals surface area contributed by atoms with Gasteiger partial charge in [-0.15, -0.1) is 0 Å². The molecule has 198 valence electrons. The van der Waals surface area contributed by atoms with Gasteiger partial charge in [-0.05, 0) is 60.9 Å². The van der Waals surface area contributed by atoms with Crippen LogP contribution >= 0.6 is 23.2 Å². The summed E-state index contributed by atoms with van der Waals surface area (Å²) in [7, 11) is 0. The molecule has 1 atom stereocenters. The molecule has 6 rings (SSSR count). The minimum atomic E-state index is -0.505. The molecule has 0 aliphatic heterocycles. The number of aromatic nitrogens is 3. The van der Waals surface area contributed by atoms with Crippen molar-refractivity contribution < 1.29 is 14.3 Å². The number of ether oxygens (including phenoxy) is 1. The summed E-state index contributed by atoms with van der Waals surface area (Å²) in [5, 5.41) is 5.41. The van der Waals surface area contributed by atoms with Crippen LogP contribution in [0, 0.1) is 0 Å². The van der Waals surface area contributed by atoms with Crippen LogP contribution in [0.1, 0.15) is 46.4 Å². The van der Waals surface area contributed by atoms with Crippen molar-refractivity contribution in [1.82, 2.24) is 19.7 Å². The zero-order valence-electron chi connectivity index (χ0n) is 21.1. The van der Waals surface area contributed by atoms with Crippen molar-refractivity contribution >= 4 is 35.2 Å². The Bertz CT molecular complexity index is 1500. The van der Waals surface area contributed by atoms with E-state index in [1.54, 1.807) is 18.6 Å². The van der Waals surface area contributed by atoms with Gasteiger partial charge in [-0.25, -0.2) is 4.79 Å². The lowest BCUT2D eigenvalue weighted by molar-refractivity contribution is 0.0642. The summed E-state index contributed by atoms with van der Waals surface area (Å²) in [6, 6.07) is 17.2. The summed E-state index contributed by atoms with van der Waals surface area (Å²) >= 11 is 12.6. The topological polar surface area (TPSA) is 77.3 Å². The molecule has 0 N–H and O–H groups in total. The molecule has 4 aromatic rings. The van der Waals surface area contributed by atoms with Crippen LogP contribution < -0.4 is 0 Å². The van der Waals surface area contributed by atoms with E-state index in [-0.39, 0.29) is 24.6 Å². The van der Waals surface area contributed by atoms with Crippen molar-refractivity contribution in [3.05, 3.63) is 106 Å². The van der Waals surface area contributed by atoms with Gasteiger partial charge in [0, 0.05) is 41.8 Å². The van der Waals surface area contributed by atoms with Crippen molar-refractivity contribution in [2.45, 2.75) is 50.8 Å². The molecular formula is C30H26Cl2N4O3. The highest BCUT2D eigenvalue weighted by Gasteiger charge is 2.39. The highest BCUT2D eigenvalue weighted by atomic mass is 35.5. The summed E-state index contributed by atoms with van der Waals surface area (Å²) < 4.78 is 6.73. The maximum atomic E-state index is 13.7. The maximum absolute atomic E-state index is 13.7. The molecule has 0 radical (unpaired) electrons. The van der Waals surface area contributed by atoms with Gasteiger partial charge in [0.25, 0.3) is 5.91 Å². The number of nitrogens with zero attached hydrogens (tertiary/aromatic N) is 4. The number of hydrogen-bond acceptors (Lipinski definition) is 5. The second-order valence-corrected chi connectivity index (χ2v) is 10.8. The molecule has 1 fully saturated rings. The zero-order chi connectivity index (χ0) is 26.9. The van der Waals surface area contributed by atoms with E-state index in [9.17, 15) is 9.59 Å². The molecule has 9 heteroatoms. The van der Waals surface area contributed by atoms with Gasteiger partial charge < -0.3 is 9.64 Å². The molecule has 1 saturated carbocycles. The van der Waals surface area contributed by atoms with E-state index in [1.807, 2.05) is 59.5 Å². The average Bonchev–Trinajstić information content (AvgIpc) is 3.69. The zero-order valence-corrected chi connectivity index (χ0v) is 22.6. The van der Waals surface area contributed by atoms with E-state index in [2.05, 4.69) is 10.1 Å². The Morgan fingerprint density at radius 2 is 1.67 bits per heavy atom. The van der Waals surface area contributed by atoms with E-state index < -0.39 is 6.09 Å². The molecule has 2 aliphatic rings. The first kappa shape index (κ1) is 25.6. The fourth-order valence-electron chi connectivity index (χ4n) is 5.20. The highest BCUT2D eigenvalue weighted by Crippen LogP contribution is 2.36. The number of hydrogen-bond donors (Lipinski definition) is 0. The molecule has 2 aliphatic carbocycles. The molecule has 39 heavy (non-hydrogen) atoms. The number of amides is 1. The third kappa shape index (κ3) is 5.42. The van der Waals surface area contributed by atoms with Gasteiger partial charge in [0.05, 0.1) is 15.7 Å². The molecule has 2 aromatic heterocycles. The van der Waals surface area contributed by atoms with Gasteiger partial charge in [0.1, 0.15) is 6.61 Å². The smallest absolute Gasteiger partial charge is 0.435 e. The minimum Gasteiger partial charge on any atom is -0.443 e. The third-order valence-corrected chi connectivity index (χ3v) is 7.85. The first-order chi connectivity index (χ1) is 19.0. The number of carbonyl (C=O) groups excluding carboxylic acids is 2. The molecule has 1 amide bonds. The van der Waals surface area contributed by atoms with Crippen LogP contribution in [0.25, 0.3) is 11.1 Å². The molecule has 2 aromatic carbocycles. The summed E-state index contributed by atoms with van der Waals surface area (Å²) in [6.07, 6.45) is 8.51. The predicted molar refractivity (Wildman–Crippen MR) is 149 cm³/mol. The maximum Gasteiger partial charge on any atom is 0.435 e. The van der Waals surface area contributed by atoms with Crippen LogP contribution in [0.4, 0.5) is 4.79 Å². The van der Waals surface area contributed by atoms with Gasteiger partial charge in [0.2, 0.25) is 0 Å². The molecule has 2 heterocycles. The number of pyridine rings is 1. The molecule has 0 saturated heterocycles. The Morgan fingerprint density at radius 3 is 2.36 bits per heavy atom. The number of fused-ring (bicyclic) bond motifs is 1. The second kappa shape index (κ2) is 10.8. The van der Waals surface area contributed by atoms with Crippen molar-refractivity contribution in [2.24, 2.45) is 0 Å². The second-order valence-electron chi connectivity index (χ2n) is 9.98. The molecular weight excluding hydrogens is 535 g/mol. The quantitative estimate of drug-likeness (QED) is 0.265. The van der Waals surface area contributed by atoms with Gasteiger partial charge in [0.15, 0.2) is 0 Å². The molecule has 0 bridgehead atoms. The summed E-state index contributed by atoms with van der Waals surface area (Å²) in [5.41, 5.74) is 4.95. The molecule has 7 nitrogen and oxygen atoms in total. The number of halogens is 2. The summed E-state index contributed by atoms with van der Waals surface area (Å²) in [5.74, 6) is 0.0130. The Hall–Kier alpha value is -3.68. The molecule has 1 unspecified atom stereocenters. The monoisotopic (exact) mass is 560 g/mol. The van der Waals surface area contributed by atoms with Gasteiger partial charge in [-0.2, -0.15) is 9.78 Å². The Morgan fingerprint density at radius 1 is 0.949 bits per heavy atom. The van der Waals surface area contributed by atoms with Crippen molar-refractivity contribution in [1.29, 1.82) is 0 Å². The number of aryl methyl sites for hydroxylation is 1. The van der Waals surface area contributed by atoms with Crippen LogP contribution in [0.15, 0.2) is 73.2 Å². The highest BCUT2D eigenvalue weighted by molar-refractivity contribution is 6.39. The predicted octanol–water partition coefficient (Wildman–Crippen LogP) is 6.60. The average molecular weight is 561 g/mol. The standard InChI is InChI=1S/C30H26Cl2N4O3/c31-25-15-33-16-26(32)28(25)20-6-8-21(9-7-20)29(37)36(23-10-11-23)24-12-13-27-22(14-24)17-35(34-27)30(38)39-18-19-4-2-1-3-5-19/h1-9,15-17,23-24H,10-14,18H2. The number of carbonyl (C=O) groups is 2. The normalized spacial score (nSPS) is 16.4. The van der Waals surface area contributed by atoms with Crippen LogP contribution in [0.2, 0.25) is 10.0 Å². The number of benzene rings is 2. The fourth-order valence-corrected chi connectivity index (χ4v) is 5.78. The largest absolute Gasteiger partial charge is 0.443 e. The molecule has 0 spiro atoms. The van der Waals surface area contributed by atoms with E-state index >= 15 is 0 Å². The first-order valence-corrected chi connectivity index (χ1v) is 13.7. The Kier molecular flexibility index (Phi) is 7.11.